The van der Waals surface area contributed by atoms with Crippen molar-refractivity contribution in [1.82, 2.24) is 4.98 Å². The number of carbonyl (C=O) groups excluding carboxylic acids is 1. The standard InChI is InChI=1S/C17H16N2O2/c1-10-4-5-11(2)14(8-10)19-17(20)13-6-7-16-15(9-13)18-12(3)21-16/h4-9H,1-3H3,(H,19,20). The second kappa shape index (κ2) is 5.05. The van der Waals surface area contributed by atoms with E-state index in [9.17, 15) is 4.79 Å². The maximum Gasteiger partial charge on any atom is 0.255 e. The Balaban J connectivity index is 1.91. The molecule has 1 aromatic heterocycles. The maximum absolute atomic E-state index is 12.4. The van der Waals surface area contributed by atoms with Crippen molar-refractivity contribution < 1.29 is 9.21 Å². The topological polar surface area (TPSA) is 55.1 Å². The number of nitrogens with zero attached hydrogens (tertiary/aromatic N) is 1. The molecule has 3 rings (SSSR count). The van der Waals surface area contributed by atoms with Gasteiger partial charge in [-0.1, -0.05) is 12.1 Å². The van der Waals surface area contributed by atoms with Gasteiger partial charge in [0.1, 0.15) is 5.52 Å². The van der Waals surface area contributed by atoms with Gasteiger partial charge in [0.25, 0.3) is 5.91 Å². The Hall–Kier alpha value is -2.62. The molecule has 3 aromatic rings. The molecule has 4 nitrogen and oxygen atoms in total. The lowest BCUT2D eigenvalue weighted by Crippen LogP contribution is -2.12. The number of aryl methyl sites for hydroxylation is 3. The van der Waals surface area contributed by atoms with Gasteiger partial charge in [-0.15, -0.1) is 0 Å². The van der Waals surface area contributed by atoms with Gasteiger partial charge in [0.05, 0.1) is 0 Å². The molecule has 1 N–H and O–H groups in total. The number of nitrogens with one attached hydrogen (secondary N) is 1. The van der Waals surface area contributed by atoms with E-state index in [1.54, 1.807) is 25.1 Å². The van der Waals surface area contributed by atoms with E-state index in [-0.39, 0.29) is 5.91 Å². The van der Waals surface area contributed by atoms with Crippen molar-refractivity contribution in [1.29, 1.82) is 0 Å². The number of benzene rings is 2. The molecule has 106 valence electrons. The number of aromatic nitrogens is 1. The highest BCUT2D eigenvalue weighted by atomic mass is 16.3. The van der Waals surface area contributed by atoms with Gasteiger partial charge in [-0.25, -0.2) is 4.98 Å². The Labute approximate surface area is 122 Å². The minimum absolute atomic E-state index is 0.147. The third-order valence-electron chi connectivity index (χ3n) is 3.40. The number of anilines is 1. The smallest absolute Gasteiger partial charge is 0.255 e. The maximum atomic E-state index is 12.4. The third kappa shape index (κ3) is 2.65. The Bertz CT molecular complexity index is 834. The van der Waals surface area contributed by atoms with Crippen LogP contribution in [0.4, 0.5) is 5.69 Å². The summed E-state index contributed by atoms with van der Waals surface area (Å²) in [6, 6.07) is 11.2. The molecule has 1 heterocycles. The van der Waals surface area contributed by atoms with Gasteiger partial charge in [0.15, 0.2) is 11.5 Å². The molecular weight excluding hydrogens is 264 g/mol. The molecule has 4 heteroatoms. The minimum Gasteiger partial charge on any atom is -0.441 e. The van der Waals surface area contributed by atoms with Gasteiger partial charge in [0.2, 0.25) is 0 Å². The number of carbonyl (C=O) groups is 1. The van der Waals surface area contributed by atoms with Gasteiger partial charge in [0, 0.05) is 18.2 Å². The molecule has 0 spiro atoms. The first kappa shape index (κ1) is 13.4. The van der Waals surface area contributed by atoms with Crippen LogP contribution in [0.2, 0.25) is 0 Å². The molecule has 0 saturated heterocycles. The molecule has 0 aliphatic heterocycles. The Morgan fingerprint density at radius 2 is 1.90 bits per heavy atom. The fourth-order valence-corrected chi connectivity index (χ4v) is 2.25. The minimum atomic E-state index is -0.147. The van der Waals surface area contributed by atoms with E-state index < -0.39 is 0 Å². The predicted molar refractivity (Wildman–Crippen MR) is 82.6 cm³/mol. The van der Waals surface area contributed by atoms with Crippen LogP contribution in [0.1, 0.15) is 27.4 Å². The zero-order valence-electron chi connectivity index (χ0n) is 12.2. The SMILES string of the molecule is Cc1ccc(C)c(NC(=O)c2ccc3oc(C)nc3c2)c1. The van der Waals surface area contributed by atoms with Crippen LogP contribution in [0.3, 0.4) is 0 Å². The Morgan fingerprint density at radius 3 is 2.71 bits per heavy atom. The lowest BCUT2D eigenvalue weighted by Gasteiger charge is -2.09. The summed E-state index contributed by atoms with van der Waals surface area (Å²) in [5, 5.41) is 2.94. The van der Waals surface area contributed by atoms with E-state index >= 15 is 0 Å². The van der Waals surface area contributed by atoms with Crippen LogP contribution >= 0.6 is 0 Å². The second-order valence-corrected chi connectivity index (χ2v) is 5.19. The van der Waals surface area contributed by atoms with Gasteiger partial charge < -0.3 is 9.73 Å². The molecule has 0 aliphatic rings. The molecule has 0 radical (unpaired) electrons. The lowest BCUT2D eigenvalue weighted by atomic mass is 10.1. The van der Waals surface area contributed by atoms with Crippen molar-refractivity contribution in [2.24, 2.45) is 0 Å². The molecule has 0 fully saturated rings. The molecule has 0 unspecified atom stereocenters. The summed E-state index contributed by atoms with van der Waals surface area (Å²) < 4.78 is 5.41. The van der Waals surface area contributed by atoms with E-state index in [0.717, 1.165) is 16.8 Å². The molecule has 0 bridgehead atoms. The van der Waals surface area contributed by atoms with Crippen molar-refractivity contribution in [2.75, 3.05) is 5.32 Å². The van der Waals surface area contributed by atoms with Crippen LogP contribution in [-0.4, -0.2) is 10.9 Å². The molecule has 0 aliphatic carbocycles. The first-order valence-electron chi connectivity index (χ1n) is 6.79. The number of hydrogen-bond acceptors (Lipinski definition) is 3. The van der Waals surface area contributed by atoms with E-state index in [1.807, 2.05) is 32.0 Å². The average molecular weight is 280 g/mol. The molecule has 0 saturated carbocycles. The molecular formula is C17H16N2O2. The predicted octanol–water partition coefficient (Wildman–Crippen LogP) is 4.01. The summed E-state index contributed by atoms with van der Waals surface area (Å²) in [6.45, 7) is 5.76. The Morgan fingerprint density at radius 1 is 1.10 bits per heavy atom. The number of oxazole rings is 1. The summed E-state index contributed by atoms with van der Waals surface area (Å²) in [6.07, 6.45) is 0. The number of amides is 1. The quantitative estimate of drug-likeness (QED) is 0.771. The van der Waals surface area contributed by atoms with Crippen LogP contribution in [0.25, 0.3) is 11.1 Å². The van der Waals surface area contributed by atoms with E-state index in [1.165, 1.54) is 0 Å². The third-order valence-corrected chi connectivity index (χ3v) is 3.40. The zero-order chi connectivity index (χ0) is 15.0. The van der Waals surface area contributed by atoms with Crippen molar-refractivity contribution in [3.8, 4) is 0 Å². The van der Waals surface area contributed by atoms with E-state index in [0.29, 0.717) is 22.6 Å². The molecule has 0 atom stereocenters. The van der Waals surface area contributed by atoms with Crippen molar-refractivity contribution in [2.45, 2.75) is 20.8 Å². The van der Waals surface area contributed by atoms with Gasteiger partial charge in [-0.3, -0.25) is 4.79 Å². The summed E-state index contributed by atoms with van der Waals surface area (Å²) in [4.78, 5) is 16.6. The first-order valence-corrected chi connectivity index (χ1v) is 6.79. The summed E-state index contributed by atoms with van der Waals surface area (Å²) in [7, 11) is 0. The monoisotopic (exact) mass is 280 g/mol. The van der Waals surface area contributed by atoms with Crippen LogP contribution in [-0.2, 0) is 0 Å². The van der Waals surface area contributed by atoms with Crippen LogP contribution in [0, 0.1) is 20.8 Å². The summed E-state index contributed by atoms with van der Waals surface area (Å²) in [5.74, 6) is 0.448. The Kier molecular flexibility index (Phi) is 3.22. The number of rotatable bonds is 2. The highest BCUT2D eigenvalue weighted by molar-refractivity contribution is 6.06. The van der Waals surface area contributed by atoms with Gasteiger partial charge in [-0.2, -0.15) is 0 Å². The van der Waals surface area contributed by atoms with Crippen molar-refractivity contribution in [3.05, 3.63) is 59.0 Å². The fourth-order valence-electron chi connectivity index (χ4n) is 2.25. The number of hydrogen-bond donors (Lipinski definition) is 1. The molecule has 21 heavy (non-hydrogen) atoms. The summed E-state index contributed by atoms with van der Waals surface area (Å²) in [5.41, 5.74) is 4.93. The van der Waals surface area contributed by atoms with Crippen LogP contribution in [0.5, 0.6) is 0 Å². The highest BCUT2D eigenvalue weighted by Gasteiger charge is 2.11. The normalized spacial score (nSPS) is 10.8. The van der Waals surface area contributed by atoms with Crippen molar-refractivity contribution >= 4 is 22.7 Å². The summed E-state index contributed by atoms with van der Waals surface area (Å²) >= 11 is 0. The number of fused-ring (bicyclic) bond motifs is 1. The van der Waals surface area contributed by atoms with Gasteiger partial charge >= 0.3 is 0 Å². The van der Waals surface area contributed by atoms with Crippen molar-refractivity contribution in [3.63, 3.8) is 0 Å². The first-order chi connectivity index (χ1) is 10.0. The largest absolute Gasteiger partial charge is 0.441 e. The van der Waals surface area contributed by atoms with E-state index in [2.05, 4.69) is 10.3 Å². The highest BCUT2D eigenvalue weighted by Crippen LogP contribution is 2.20. The van der Waals surface area contributed by atoms with Crippen LogP contribution < -0.4 is 5.32 Å². The molecule has 2 aromatic carbocycles. The molecule has 1 amide bonds. The second-order valence-electron chi connectivity index (χ2n) is 5.19. The van der Waals surface area contributed by atoms with E-state index in [4.69, 9.17) is 4.42 Å². The lowest BCUT2D eigenvalue weighted by molar-refractivity contribution is 0.102. The fraction of sp³-hybridized carbons (Fsp3) is 0.176. The zero-order valence-corrected chi connectivity index (χ0v) is 12.2. The van der Waals surface area contributed by atoms with Gasteiger partial charge in [-0.05, 0) is 49.2 Å². The van der Waals surface area contributed by atoms with Crippen LogP contribution in [0.15, 0.2) is 40.8 Å². The average Bonchev–Trinajstić information content (AvgIpc) is 2.81.